The van der Waals surface area contributed by atoms with Crippen LogP contribution < -0.4 is 5.32 Å². The molecule has 0 amide bonds. The molecule has 1 heterocycles. The normalized spacial score (nSPS) is 30.8. The highest BCUT2D eigenvalue weighted by Gasteiger charge is 2.48. The standard InChI is InChI=1S/C13H20F3NO/c1-17-12(11-7-4-8-18-11)9-5-2-3-6-10(9)13(14,15)16/h7,9-10,12,17H,2-6,8H2,1H3. The zero-order chi connectivity index (χ0) is 13.2. The maximum absolute atomic E-state index is 13.1. The Balaban J connectivity index is 2.16. The maximum atomic E-state index is 13.1. The predicted molar refractivity (Wildman–Crippen MR) is 63.0 cm³/mol. The Labute approximate surface area is 106 Å². The van der Waals surface area contributed by atoms with Gasteiger partial charge in [0.25, 0.3) is 0 Å². The Morgan fingerprint density at radius 1 is 1.33 bits per heavy atom. The first-order valence-electron chi connectivity index (χ1n) is 6.61. The monoisotopic (exact) mass is 263 g/mol. The Bertz CT molecular complexity index is 314. The summed E-state index contributed by atoms with van der Waals surface area (Å²) in [5.41, 5.74) is 0. The van der Waals surface area contributed by atoms with Crippen molar-refractivity contribution < 1.29 is 17.9 Å². The molecule has 0 aromatic carbocycles. The first-order valence-corrected chi connectivity index (χ1v) is 6.61. The lowest BCUT2D eigenvalue weighted by atomic mass is 9.74. The van der Waals surface area contributed by atoms with E-state index >= 15 is 0 Å². The molecule has 0 spiro atoms. The molecule has 2 nitrogen and oxygen atoms in total. The van der Waals surface area contributed by atoms with Crippen molar-refractivity contribution in [3.8, 4) is 0 Å². The number of alkyl halides is 3. The summed E-state index contributed by atoms with van der Waals surface area (Å²) in [6.45, 7) is 0.594. The molecule has 18 heavy (non-hydrogen) atoms. The van der Waals surface area contributed by atoms with Gasteiger partial charge in [-0.05, 0) is 31.9 Å². The van der Waals surface area contributed by atoms with E-state index in [0.29, 0.717) is 25.2 Å². The van der Waals surface area contributed by atoms with Gasteiger partial charge in [-0.25, -0.2) is 0 Å². The van der Waals surface area contributed by atoms with Crippen molar-refractivity contribution in [2.75, 3.05) is 13.7 Å². The second kappa shape index (κ2) is 5.51. The van der Waals surface area contributed by atoms with Gasteiger partial charge in [0, 0.05) is 6.42 Å². The number of nitrogens with one attached hydrogen (secondary N) is 1. The summed E-state index contributed by atoms with van der Waals surface area (Å²) in [6, 6.07) is -0.292. The van der Waals surface area contributed by atoms with Crippen LogP contribution in [0.2, 0.25) is 0 Å². The van der Waals surface area contributed by atoms with E-state index in [4.69, 9.17) is 4.74 Å². The van der Waals surface area contributed by atoms with Crippen LogP contribution >= 0.6 is 0 Å². The minimum absolute atomic E-state index is 0.250. The lowest BCUT2D eigenvalue weighted by Crippen LogP contribution is -2.45. The van der Waals surface area contributed by atoms with E-state index in [2.05, 4.69) is 5.32 Å². The fourth-order valence-corrected chi connectivity index (χ4v) is 3.19. The van der Waals surface area contributed by atoms with E-state index in [-0.39, 0.29) is 12.5 Å². The summed E-state index contributed by atoms with van der Waals surface area (Å²) in [5, 5.41) is 3.02. The first kappa shape index (κ1) is 13.7. The molecule has 0 radical (unpaired) electrons. The van der Waals surface area contributed by atoms with Crippen molar-refractivity contribution in [2.24, 2.45) is 11.8 Å². The molecule has 0 saturated heterocycles. The van der Waals surface area contributed by atoms with Crippen molar-refractivity contribution in [2.45, 2.75) is 44.3 Å². The quantitative estimate of drug-likeness (QED) is 0.844. The summed E-state index contributed by atoms with van der Waals surface area (Å²) >= 11 is 0. The van der Waals surface area contributed by atoms with E-state index in [1.54, 1.807) is 7.05 Å². The molecule has 104 valence electrons. The zero-order valence-electron chi connectivity index (χ0n) is 10.6. The van der Waals surface area contributed by atoms with Gasteiger partial charge in [0.2, 0.25) is 0 Å². The van der Waals surface area contributed by atoms with Crippen LogP contribution in [0.3, 0.4) is 0 Å². The predicted octanol–water partition coefficient (Wildman–Crippen LogP) is 3.25. The van der Waals surface area contributed by atoms with Crippen LogP contribution in [0.5, 0.6) is 0 Å². The number of likely N-dealkylation sites (N-methyl/N-ethyl adjacent to an activating group) is 1. The Kier molecular flexibility index (Phi) is 4.20. The Morgan fingerprint density at radius 3 is 2.61 bits per heavy atom. The summed E-state index contributed by atoms with van der Waals surface area (Å²) in [6.07, 6.45) is 1.05. The van der Waals surface area contributed by atoms with Crippen LogP contribution in [0, 0.1) is 11.8 Å². The molecule has 2 rings (SSSR count). The fraction of sp³-hybridized carbons (Fsp3) is 0.846. The van der Waals surface area contributed by atoms with Gasteiger partial charge in [-0.3, -0.25) is 0 Å². The lowest BCUT2D eigenvalue weighted by Gasteiger charge is -2.38. The summed E-state index contributed by atoms with van der Waals surface area (Å²) in [5.74, 6) is -0.888. The lowest BCUT2D eigenvalue weighted by molar-refractivity contribution is -0.198. The second-order valence-electron chi connectivity index (χ2n) is 5.11. The molecule has 0 bridgehead atoms. The number of halogens is 3. The minimum atomic E-state index is -4.10. The van der Waals surface area contributed by atoms with Crippen LogP contribution in [0.1, 0.15) is 32.1 Å². The molecule has 1 N–H and O–H groups in total. The van der Waals surface area contributed by atoms with Gasteiger partial charge >= 0.3 is 6.18 Å². The van der Waals surface area contributed by atoms with Gasteiger partial charge in [-0.1, -0.05) is 12.8 Å². The summed E-state index contributed by atoms with van der Waals surface area (Å²) in [4.78, 5) is 0. The number of ether oxygens (including phenoxy) is 1. The number of hydrogen-bond donors (Lipinski definition) is 1. The molecule has 3 atom stereocenters. The zero-order valence-corrected chi connectivity index (χ0v) is 10.6. The highest BCUT2D eigenvalue weighted by Crippen LogP contribution is 2.44. The highest BCUT2D eigenvalue weighted by molar-refractivity contribution is 5.10. The molecule has 1 saturated carbocycles. The first-order chi connectivity index (χ1) is 8.54. The van der Waals surface area contributed by atoms with Crippen molar-refractivity contribution in [1.82, 2.24) is 5.32 Å². The largest absolute Gasteiger partial charge is 0.496 e. The van der Waals surface area contributed by atoms with Crippen LogP contribution in [0.25, 0.3) is 0 Å². The molecular formula is C13H20F3NO. The molecule has 1 aliphatic heterocycles. The van der Waals surface area contributed by atoms with Crippen molar-refractivity contribution in [3.05, 3.63) is 11.8 Å². The van der Waals surface area contributed by atoms with Crippen LogP contribution in [0.15, 0.2) is 11.8 Å². The molecule has 0 aromatic heterocycles. The van der Waals surface area contributed by atoms with E-state index < -0.39 is 18.0 Å². The molecule has 1 fully saturated rings. The maximum Gasteiger partial charge on any atom is 0.392 e. The van der Waals surface area contributed by atoms with Crippen LogP contribution in [-0.2, 0) is 4.74 Å². The average Bonchev–Trinajstić information content (AvgIpc) is 2.83. The fourth-order valence-electron chi connectivity index (χ4n) is 3.19. The van der Waals surface area contributed by atoms with Crippen LogP contribution in [0.4, 0.5) is 13.2 Å². The van der Waals surface area contributed by atoms with E-state index in [9.17, 15) is 13.2 Å². The van der Waals surface area contributed by atoms with Crippen molar-refractivity contribution >= 4 is 0 Å². The third-order valence-corrected chi connectivity index (χ3v) is 4.02. The van der Waals surface area contributed by atoms with Crippen molar-refractivity contribution in [3.63, 3.8) is 0 Å². The number of rotatable bonds is 3. The molecule has 3 unspecified atom stereocenters. The molecule has 5 heteroatoms. The van der Waals surface area contributed by atoms with E-state index in [1.165, 1.54) is 0 Å². The smallest absolute Gasteiger partial charge is 0.392 e. The highest BCUT2D eigenvalue weighted by atomic mass is 19.4. The third kappa shape index (κ3) is 2.82. The van der Waals surface area contributed by atoms with Gasteiger partial charge in [-0.15, -0.1) is 0 Å². The third-order valence-electron chi connectivity index (χ3n) is 4.02. The Morgan fingerprint density at radius 2 is 2.06 bits per heavy atom. The SMILES string of the molecule is CNC(C1=CCCO1)C1CCCCC1C(F)(F)F. The summed E-state index contributed by atoms with van der Waals surface area (Å²) < 4.78 is 44.7. The molecule has 1 aliphatic carbocycles. The topological polar surface area (TPSA) is 21.3 Å². The van der Waals surface area contributed by atoms with Crippen LogP contribution in [-0.4, -0.2) is 25.9 Å². The Hall–Kier alpha value is -0.710. The number of hydrogen-bond acceptors (Lipinski definition) is 2. The summed E-state index contributed by atoms with van der Waals surface area (Å²) in [7, 11) is 1.72. The minimum Gasteiger partial charge on any atom is -0.496 e. The second-order valence-corrected chi connectivity index (χ2v) is 5.11. The van der Waals surface area contributed by atoms with E-state index in [1.807, 2.05) is 6.08 Å². The molecular weight excluding hydrogens is 243 g/mol. The van der Waals surface area contributed by atoms with Gasteiger partial charge in [0.1, 0.15) is 5.76 Å². The average molecular weight is 263 g/mol. The molecule has 2 aliphatic rings. The van der Waals surface area contributed by atoms with Gasteiger partial charge in [0.15, 0.2) is 0 Å². The van der Waals surface area contributed by atoms with Gasteiger partial charge in [-0.2, -0.15) is 13.2 Å². The molecule has 0 aromatic rings. The van der Waals surface area contributed by atoms with Gasteiger partial charge < -0.3 is 10.1 Å². The van der Waals surface area contributed by atoms with Gasteiger partial charge in [0.05, 0.1) is 18.6 Å². The van der Waals surface area contributed by atoms with E-state index in [0.717, 1.165) is 12.8 Å². The van der Waals surface area contributed by atoms with Crippen molar-refractivity contribution in [1.29, 1.82) is 0 Å².